The number of anilines is 1. The number of carbonyl (C=O) groups is 1. The molecule has 0 unspecified atom stereocenters. The van der Waals surface area contributed by atoms with Gasteiger partial charge in [0.25, 0.3) is 5.91 Å². The molecule has 0 bridgehead atoms. The third-order valence-electron chi connectivity index (χ3n) is 3.79. The standard InChI is InChI=1S/C18H11F3N6OS2/c19-18(20,21)12-7-4-8-13(9-12)27-16(24-25-26-27)30-17-22-10-14(29-17)23-15(28)11-5-2-1-3-6-11/h1-10H,(H,23,28). The van der Waals surface area contributed by atoms with E-state index >= 15 is 0 Å². The minimum Gasteiger partial charge on any atom is -0.312 e. The first-order chi connectivity index (χ1) is 14.4. The van der Waals surface area contributed by atoms with E-state index in [1.54, 1.807) is 24.3 Å². The van der Waals surface area contributed by atoms with Crippen molar-refractivity contribution in [1.29, 1.82) is 0 Å². The van der Waals surface area contributed by atoms with Crippen LogP contribution in [0.15, 0.2) is 70.3 Å². The number of benzene rings is 2. The van der Waals surface area contributed by atoms with Crippen LogP contribution in [0.5, 0.6) is 0 Å². The number of nitrogens with one attached hydrogen (secondary N) is 1. The van der Waals surface area contributed by atoms with E-state index in [-0.39, 0.29) is 16.8 Å². The molecule has 0 spiro atoms. The van der Waals surface area contributed by atoms with Gasteiger partial charge in [-0.3, -0.25) is 4.79 Å². The minimum atomic E-state index is -4.47. The van der Waals surface area contributed by atoms with Crippen LogP contribution in [-0.2, 0) is 6.18 Å². The molecule has 0 saturated heterocycles. The summed E-state index contributed by atoms with van der Waals surface area (Å²) in [5, 5.41) is 14.7. The molecule has 7 nitrogen and oxygen atoms in total. The average Bonchev–Trinajstić information content (AvgIpc) is 3.38. The molecule has 0 aliphatic carbocycles. The van der Waals surface area contributed by atoms with E-state index in [2.05, 4.69) is 25.8 Å². The van der Waals surface area contributed by atoms with Gasteiger partial charge in [0.05, 0.1) is 17.4 Å². The molecule has 12 heteroatoms. The first-order valence-corrected chi connectivity index (χ1v) is 9.99. The molecular weight excluding hydrogens is 437 g/mol. The second kappa shape index (κ2) is 8.24. The third kappa shape index (κ3) is 4.49. The number of rotatable bonds is 5. The van der Waals surface area contributed by atoms with Crippen molar-refractivity contribution in [2.24, 2.45) is 0 Å². The van der Waals surface area contributed by atoms with Gasteiger partial charge in [-0.2, -0.15) is 17.9 Å². The summed E-state index contributed by atoms with van der Waals surface area (Å²) >= 11 is 2.27. The van der Waals surface area contributed by atoms with Crippen LogP contribution in [-0.4, -0.2) is 31.1 Å². The Balaban J connectivity index is 1.51. The van der Waals surface area contributed by atoms with Gasteiger partial charge in [-0.25, -0.2) is 4.98 Å². The second-order valence-electron chi connectivity index (χ2n) is 5.83. The fraction of sp³-hybridized carbons (Fsp3) is 0.0556. The molecule has 152 valence electrons. The zero-order valence-corrected chi connectivity index (χ0v) is 16.5. The van der Waals surface area contributed by atoms with Crippen LogP contribution >= 0.6 is 23.1 Å². The Morgan fingerprint density at radius 2 is 1.90 bits per heavy atom. The Kier molecular flexibility index (Phi) is 5.50. The highest BCUT2D eigenvalue weighted by Crippen LogP contribution is 2.34. The van der Waals surface area contributed by atoms with Crippen LogP contribution in [0.25, 0.3) is 5.69 Å². The number of aromatic nitrogens is 5. The van der Waals surface area contributed by atoms with E-state index in [4.69, 9.17) is 0 Å². The zero-order chi connectivity index (χ0) is 21.1. The molecule has 2 aromatic heterocycles. The highest BCUT2D eigenvalue weighted by Gasteiger charge is 2.30. The zero-order valence-electron chi connectivity index (χ0n) is 14.9. The van der Waals surface area contributed by atoms with Gasteiger partial charge < -0.3 is 5.32 Å². The third-order valence-corrected chi connectivity index (χ3v) is 5.72. The SMILES string of the molecule is O=C(Nc1cnc(Sc2nnnn2-c2cccc(C(F)(F)F)c2)s1)c1ccccc1. The summed E-state index contributed by atoms with van der Waals surface area (Å²) in [5.74, 6) is -0.274. The predicted octanol–water partition coefficient (Wildman–Crippen LogP) is 4.54. The largest absolute Gasteiger partial charge is 0.416 e. The van der Waals surface area contributed by atoms with E-state index in [1.165, 1.54) is 34.3 Å². The summed E-state index contributed by atoms with van der Waals surface area (Å²) in [4.78, 5) is 16.4. The molecule has 4 rings (SSSR count). The molecule has 4 aromatic rings. The number of alkyl halides is 3. The summed E-state index contributed by atoms with van der Waals surface area (Å²) in [5.41, 5.74) is -0.119. The summed E-state index contributed by atoms with van der Waals surface area (Å²) in [6, 6.07) is 13.4. The van der Waals surface area contributed by atoms with Gasteiger partial charge in [0, 0.05) is 5.56 Å². The molecule has 0 saturated carbocycles. The van der Waals surface area contributed by atoms with Gasteiger partial charge >= 0.3 is 6.18 Å². The van der Waals surface area contributed by atoms with Gasteiger partial charge in [0.2, 0.25) is 5.16 Å². The summed E-state index contributed by atoms with van der Waals surface area (Å²) in [6.07, 6.45) is -2.98. The number of thiazole rings is 1. The van der Waals surface area contributed by atoms with Crippen LogP contribution in [0.2, 0.25) is 0 Å². The highest BCUT2D eigenvalue weighted by atomic mass is 32.2. The molecule has 1 amide bonds. The predicted molar refractivity (Wildman–Crippen MR) is 105 cm³/mol. The maximum absolute atomic E-state index is 13.0. The number of amides is 1. The van der Waals surface area contributed by atoms with E-state index in [1.807, 2.05) is 6.07 Å². The van der Waals surface area contributed by atoms with Gasteiger partial charge in [-0.1, -0.05) is 35.6 Å². The van der Waals surface area contributed by atoms with Crippen molar-refractivity contribution in [1.82, 2.24) is 25.2 Å². The maximum atomic E-state index is 13.0. The number of hydrogen-bond acceptors (Lipinski definition) is 7. The summed E-state index contributed by atoms with van der Waals surface area (Å²) in [7, 11) is 0. The lowest BCUT2D eigenvalue weighted by Gasteiger charge is -2.08. The first-order valence-electron chi connectivity index (χ1n) is 8.36. The van der Waals surface area contributed by atoms with Crippen LogP contribution < -0.4 is 5.32 Å². The monoisotopic (exact) mass is 448 g/mol. The topological polar surface area (TPSA) is 85.6 Å². The molecule has 1 N–H and O–H groups in total. The van der Waals surface area contributed by atoms with Crippen molar-refractivity contribution >= 4 is 34.0 Å². The number of carbonyl (C=O) groups excluding carboxylic acids is 1. The summed E-state index contributed by atoms with van der Waals surface area (Å²) in [6.45, 7) is 0. The van der Waals surface area contributed by atoms with Crippen molar-refractivity contribution < 1.29 is 18.0 Å². The van der Waals surface area contributed by atoms with Gasteiger partial charge in [0.1, 0.15) is 5.00 Å². The Morgan fingerprint density at radius 3 is 2.67 bits per heavy atom. The van der Waals surface area contributed by atoms with Crippen LogP contribution in [0.3, 0.4) is 0 Å². The highest BCUT2D eigenvalue weighted by molar-refractivity contribution is 8.01. The van der Waals surface area contributed by atoms with Crippen molar-refractivity contribution in [3.63, 3.8) is 0 Å². The van der Waals surface area contributed by atoms with Gasteiger partial charge in [-0.05, 0) is 52.5 Å². The van der Waals surface area contributed by atoms with Crippen LogP contribution in [0.1, 0.15) is 15.9 Å². The first kappa shape index (κ1) is 20.0. The summed E-state index contributed by atoms with van der Waals surface area (Å²) < 4.78 is 40.6. The number of hydrogen-bond donors (Lipinski definition) is 1. The molecule has 0 radical (unpaired) electrons. The number of nitrogens with zero attached hydrogens (tertiary/aromatic N) is 5. The molecule has 30 heavy (non-hydrogen) atoms. The smallest absolute Gasteiger partial charge is 0.312 e. The number of tetrazole rings is 1. The van der Waals surface area contributed by atoms with Crippen molar-refractivity contribution in [3.05, 3.63) is 71.9 Å². The lowest BCUT2D eigenvalue weighted by Crippen LogP contribution is -2.10. The molecule has 0 aliphatic rings. The van der Waals surface area contributed by atoms with E-state index in [0.29, 0.717) is 14.9 Å². The Morgan fingerprint density at radius 1 is 1.10 bits per heavy atom. The van der Waals surface area contributed by atoms with E-state index in [9.17, 15) is 18.0 Å². The molecule has 2 heterocycles. The second-order valence-corrected chi connectivity index (χ2v) is 8.08. The molecule has 2 aromatic carbocycles. The fourth-order valence-corrected chi connectivity index (χ4v) is 4.20. The maximum Gasteiger partial charge on any atom is 0.416 e. The van der Waals surface area contributed by atoms with Crippen LogP contribution in [0.4, 0.5) is 18.2 Å². The molecular formula is C18H11F3N6OS2. The van der Waals surface area contributed by atoms with Gasteiger partial charge in [-0.15, -0.1) is 5.10 Å². The molecule has 0 atom stereocenters. The van der Waals surface area contributed by atoms with Gasteiger partial charge in [0.15, 0.2) is 4.34 Å². The average molecular weight is 448 g/mol. The fourth-order valence-electron chi connectivity index (χ4n) is 2.43. The lowest BCUT2D eigenvalue weighted by atomic mass is 10.2. The van der Waals surface area contributed by atoms with E-state index < -0.39 is 11.7 Å². The Labute approximate surface area is 176 Å². The minimum absolute atomic E-state index is 0.173. The van der Waals surface area contributed by atoms with Crippen molar-refractivity contribution in [3.8, 4) is 5.69 Å². The lowest BCUT2D eigenvalue weighted by molar-refractivity contribution is -0.137. The Bertz CT molecular complexity index is 1180. The normalized spacial score (nSPS) is 11.4. The van der Waals surface area contributed by atoms with Crippen molar-refractivity contribution in [2.75, 3.05) is 5.32 Å². The van der Waals surface area contributed by atoms with Crippen LogP contribution in [0, 0.1) is 0 Å². The number of halogens is 3. The Hall–Kier alpha value is -3.25. The van der Waals surface area contributed by atoms with E-state index in [0.717, 1.165) is 23.9 Å². The molecule has 0 aliphatic heterocycles. The van der Waals surface area contributed by atoms with Crippen molar-refractivity contribution in [2.45, 2.75) is 15.7 Å². The quantitative estimate of drug-likeness (QED) is 0.483. The molecule has 0 fully saturated rings.